The molecule has 1 fully saturated rings. The van der Waals surface area contributed by atoms with Gasteiger partial charge in [0.2, 0.25) is 5.91 Å². The van der Waals surface area contributed by atoms with Gasteiger partial charge in [0.05, 0.1) is 4.88 Å². The average molecular weight is 360 g/mol. The van der Waals surface area contributed by atoms with E-state index in [2.05, 4.69) is 18.9 Å². The predicted molar refractivity (Wildman–Crippen MR) is 101 cm³/mol. The van der Waals surface area contributed by atoms with Crippen molar-refractivity contribution < 1.29 is 4.79 Å². The van der Waals surface area contributed by atoms with E-state index < -0.39 is 11.6 Å². The third kappa shape index (κ3) is 3.33. The maximum absolute atomic E-state index is 13.1. The first-order valence-electron chi connectivity index (χ1n) is 8.65. The summed E-state index contributed by atoms with van der Waals surface area (Å²) in [5.74, 6) is -0.0722. The topological polar surface area (TPSA) is 81.2 Å². The number of thiophene rings is 1. The lowest BCUT2D eigenvalue weighted by Crippen LogP contribution is -2.51. The monoisotopic (exact) mass is 360 g/mol. The van der Waals surface area contributed by atoms with Crippen LogP contribution in [0.4, 0.5) is 5.69 Å². The summed E-state index contributed by atoms with van der Waals surface area (Å²) in [5, 5.41) is 6.37. The van der Waals surface area contributed by atoms with E-state index in [1.807, 2.05) is 22.4 Å². The molecule has 0 aromatic carbocycles. The Kier molecular flexibility index (Phi) is 4.94. The number of carbonyl (C=O) groups is 1. The first kappa shape index (κ1) is 17.7. The highest BCUT2D eigenvalue weighted by Gasteiger charge is 2.33. The molecular formula is C18H24N4O2S. The Morgan fingerprint density at radius 2 is 2.04 bits per heavy atom. The van der Waals surface area contributed by atoms with E-state index in [1.54, 1.807) is 13.0 Å². The molecule has 1 aliphatic rings. The van der Waals surface area contributed by atoms with Gasteiger partial charge in [0.25, 0.3) is 5.56 Å². The van der Waals surface area contributed by atoms with Gasteiger partial charge in [0.1, 0.15) is 17.4 Å². The van der Waals surface area contributed by atoms with Crippen molar-refractivity contribution in [1.29, 1.82) is 0 Å². The number of carbonyl (C=O) groups excluding carboxylic acids is 1. The highest BCUT2D eigenvalue weighted by molar-refractivity contribution is 7.13. The Hall–Kier alpha value is -2.15. The molecular weight excluding hydrogens is 336 g/mol. The SMILES string of the molecule is CC1CCCC(C)N1C(=O)C(C)n1nc(-c2cccs2)cc(N)c1=O. The van der Waals surface area contributed by atoms with Gasteiger partial charge < -0.3 is 10.6 Å². The number of piperidine rings is 1. The average Bonchev–Trinajstić information content (AvgIpc) is 3.11. The van der Waals surface area contributed by atoms with E-state index in [0.29, 0.717) is 5.69 Å². The Morgan fingerprint density at radius 3 is 2.64 bits per heavy atom. The van der Waals surface area contributed by atoms with Crippen LogP contribution in [0, 0.1) is 0 Å². The minimum absolute atomic E-state index is 0.0722. The largest absolute Gasteiger partial charge is 0.394 e. The van der Waals surface area contributed by atoms with Gasteiger partial charge in [-0.15, -0.1) is 11.3 Å². The molecule has 25 heavy (non-hydrogen) atoms. The lowest BCUT2D eigenvalue weighted by molar-refractivity contribution is -0.140. The molecule has 1 aliphatic heterocycles. The van der Waals surface area contributed by atoms with Crippen LogP contribution in [0.3, 0.4) is 0 Å². The Morgan fingerprint density at radius 1 is 1.36 bits per heavy atom. The van der Waals surface area contributed by atoms with Crippen LogP contribution in [0.1, 0.15) is 46.1 Å². The number of aromatic nitrogens is 2. The fraction of sp³-hybridized carbons (Fsp3) is 0.500. The van der Waals surface area contributed by atoms with Crippen LogP contribution >= 0.6 is 11.3 Å². The number of nitrogen functional groups attached to an aromatic ring is 1. The Labute approximate surface area is 151 Å². The molecule has 2 aromatic heterocycles. The van der Waals surface area contributed by atoms with Gasteiger partial charge in [-0.2, -0.15) is 5.10 Å². The molecule has 2 aromatic rings. The van der Waals surface area contributed by atoms with Gasteiger partial charge in [-0.3, -0.25) is 9.59 Å². The maximum Gasteiger partial charge on any atom is 0.290 e. The van der Waals surface area contributed by atoms with Crippen molar-refractivity contribution in [2.75, 3.05) is 5.73 Å². The van der Waals surface area contributed by atoms with Crippen molar-refractivity contribution >= 4 is 22.9 Å². The van der Waals surface area contributed by atoms with Crippen molar-refractivity contribution in [3.05, 3.63) is 33.9 Å². The molecule has 3 rings (SSSR count). The first-order valence-corrected chi connectivity index (χ1v) is 9.53. The van der Waals surface area contributed by atoms with E-state index in [-0.39, 0.29) is 23.7 Å². The van der Waals surface area contributed by atoms with Crippen molar-refractivity contribution in [3.63, 3.8) is 0 Å². The molecule has 3 atom stereocenters. The summed E-state index contributed by atoms with van der Waals surface area (Å²) in [4.78, 5) is 28.4. The predicted octanol–water partition coefficient (Wildman–Crippen LogP) is 2.90. The zero-order valence-electron chi connectivity index (χ0n) is 14.8. The summed E-state index contributed by atoms with van der Waals surface area (Å²) in [6.07, 6.45) is 3.10. The second-order valence-corrected chi connectivity index (χ2v) is 7.71. The quantitative estimate of drug-likeness (QED) is 0.912. The summed E-state index contributed by atoms with van der Waals surface area (Å²) in [6.45, 7) is 5.85. The van der Waals surface area contributed by atoms with E-state index >= 15 is 0 Å². The number of amides is 1. The van der Waals surface area contributed by atoms with Crippen molar-refractivity contribution in [1.82, 2.24) is 14.7 Å². The van der Waals surface area contributed by atoms with Crippen LogP contribution in [0.2, 0.25) is 0 Å². The highest BCUT2D eigenvalue weighted by atomic mass is 32.1. The molecule has 1 saturated heterocycles. The summed E-state index contributed by atoms with van der Waals surface area (Å²) >= 11 is 1.52. The third-order valence-electron chi connectivity index (χ3n) is 4.91. The lowest BCUT2D eigenvalue weighted by Gasteiger charge is -2.40. The van der Waals surface area contributed by atoms with E-state index in [1.165, 1.54) is 16.0 Å². The molecule has 0 bridgehead atoms. The fourth-order valence-corrected chi connectivity index (χ4v) is 4.20. The van der Waals surface area contributed by atoms with Gasteiger partial charge in [-0.1, -0.05) is 6.07 Å². The Bertz CT molecular complexity index is 805. The number of hydrogen-bond donors (Lipinski definition) is 1. The maximum atomic E-state index is 13.1. The smallest absolute Gasteiger partial charge is 0.290 e. The molecule has 0 saturated carbocycles. The highest BCUT2D eigenvalue weighted by Crippen LogP contribution is 2.26. The number of anilines is 1. The standard InChI is InChI=1S/C18H24N4O2S/c1-11-6-4-7-12(2)21(11)17(23)13(3)22-18(24)14(19)10-15(20-22)16-8-5-9-25-16/h5,8-13H,4,6-7,19H2,1-3H3. The minimum atomic E-state index is -0.683. The van der Waals surface area contributed by atoms with Gasteiger partial charge in [-0.05, 0) is 57.5 Å². The van der Waals surface area contributed by atoms with E-state index in [4.69, 9.17) is 5.73 Å². The van der Waals surface area contributed by atoms with Gasteiger partial charge >= 0.3 is 0 Å². The van der Waals surface area contributed by atoms with Crippen LogP contribution in [-0.4, -0.2) is 32.7 Å². The molecule has 3 unspecified atom stereocenters. The van der Waals surface area contributed by atoms with Crippen LogP contribution < -0.4 is 11.3 Å². The zero-order valence-corrected chi connectivity index (χ0v) is 15.6. The van der Waals surface area contributed by atoms with Crippen LogP contribution in [0.5, 0.6) is 0 Å². The number of nitrogens with two attached hydrogens (primary N) is 1. The second-order valence-electron chi connectivity index (χ2n) is 6.76. The van der Waals surface area contributed by atoms with Crippen molar-refractivity contribution in [2.45, 2.75) is 58.2 Å². The van der Waals surface area contributed by atoms with Gasteiger partial charge in [0.15, 0.2) is 0 Å². The molecule has 134 valence electrons. The van der Waals surface area contributed by atoms with Crippen LogP contribution in [0.15, 0.2) is 28.4 Å². The van der Waals surface area contributed by atoms with Gasteiger partial charge in [0, 0.05) is 12.1 Å². The molecule has 6 nitrogen and oxygen atoms in total. The number of nitrogens with zero attached hydrogens (tertiary/aromatic N) is 3. The van der Waals surface area contributed by atoms with Crippen LogP contribution in [-0.2, 0) is 4.79 Å². The Balaban J connectivity index is 1.97. The lowest BCUT2D eigenvalue weighted by atomic mass is 9.96. The van der Waals surface area contributed by atoms with Crippen molar-refractivity contribution in [3.8, 4) is 10.6 Å². The number of likely N-dealkylation sites (tertiary alicyclic amines) is 1. The fourth-order valence-electron chi connectivity index (χ4n) is 3.51. The normalized spacial score (nSPS) is 22.0. The molecule has 2 N–H and O–H groups in total. The number of rotatable bonds is 3. The molecule has 7 heteroatoms. The third-order valence-corrected chi connectivity index (χ3v) is 5.80. The summed E-state index contributed by atoms with van der Waals surface area (Å²) in [7, 11) is 0. The van der Waals surface area contributed by atoms with E-state index in [0.717, 1.165) is 24.1 Å². The molecule has 0 aliphatic carbocycles. The molecule has 1 amide bonds. The molecule has 0 spiro atoms. The first-order chi connectivity index (χ1) is 11.9. The number of hydrogen-bond acceptors (Lipinski definition) is 5. The van der Waals surface area contributed by atoms with Crippen LogP contribution in [0.25, 0.3) is 10.6 Å². The van der Waals surface area contributed by atoms with E-state index in [9.17, 15) is 9.59 Å². The summed E-state index contributed by atoms with van der Waals surface area (Å²) in [5.41, 5.74) is 6.21. The molecule has 3 heterocycles. The van der Waals surface area contributed by atoms with Crippen molar-refractivity contribution in [2.24, 2.45) is 0 Å². The summed E-state index contributed by atoms with van der Waals surface area (Å²) in [6, 6.07) is 5.08. The second kappa shape index (κ2) is 7.00. The minimum Gasteiger partial charge on any atom is -0.394 e. The zero-order chi connectivity index (χ0) is 18.1. The summed E-state index contributed by atoms with van der Waals surface area (Å²) < 4.78 is 1.24. The molecule has 0 radical (unpaired) electrons. The van der Waals surface area contributed by atoms with Gasteiger partial charge in [-0.25, -0.2) is 4.68 Å².